The van der Waals surface area contributed by atoms with Crippen LogP contribution in [0.4, 0.5) is 5.69 Å². The van der Waals surface area contributed by atoms with Gasteiger partial charge in [-0.1, -0.05) is 18.2 Å². The molecule has 3 rings (SSSR count). The van der Waals surface area contributed by atoms with Crippen molar-refractivity contribution in [1.29, 1.82) is 0 Å². The number of rotatable bonds is 9. The van der Waals surface area contributed by atoms with E-state index in [4.69, 9.17) is 9.47 Å². The van der Waals surface area contributed by atoms with Crippen LogP contribution < -0.4 is 13.8 Å². The number of hydrogen-bond donors (Lipinski definition) is 0. The quantitative estimate of drug-likeness (QED) is 0.481. The van der Waals surface area contributed by atoms with Gasteiger partial charge in [-0.05, 0) is 68.8 Å². The van der Waals surface area contributed by atoms with Crippen LogP contribution in [0.2, 0.25) is 0 Å². The molecule has 0 aliphatic carbocycles. The third-order valence-corrected chi connectivity index (χ3v) is 6.05. The van der Waals surface area contributed by atoms with Gasteiger partial charge in [-0.15, -0.1) is 0 Å². The minimum Gasteiger partial charge on any atom is -0.487 e. The Morgan fingerprint density at radius 3 is 2.27 bits per heavy atom. The summed E-state index contributed by atoms with van der Waals surface area (Å²) in [7, 11) is -3.46. The Morgan fingerprint density at radius 2 is 1.67 bits per heavy atom. The molecule has 6 nitrogen and oxygen atoms in total. The van der Waals surface area contributed by atoms with Gasteiger partial charge >= 0.3 is 0 Å². The summed E-state index contributed by atoms with van der Waals surface area (Å²) in [5.74, 6) is 1.86. The zero-order valence-electron chi connectivity index (χ0n) is 17.4. The van der Waals surface area contributed by atoms with Crippen LogP contribution in [0.15, 0.2) is 73.1 Å². The number of pyridine rings is 1. The maximum atomic E-state index is 12.7. The molecule has 0 amide bonds. The van der Waals surface area contributed by atoms with Crippen LogP contribution in [0.5, 0.6) is 17.2 Å². The van der Waals surface area contributed by atoms with Gasteiger partial charge in [-0.3, -0.25) is 9.29 Å². The maximum Gasteiger partial charge on any atom is 0.235 e. The van der Waals surface area contributed by atoms with Crippen LogP contribution in [0, 0.1) is 0 Å². The number of ether oxygens (including phenoxy) is 2. The molecule has 3 aromatic rings. The van der Waals surface area contributed by atoms with Crippen molar-refractivity contribution in [3.63, 3.8) is 0 Å². The highest BCUT2D eigenvalue weighted by Gasteiger charge is 2.21. The third-order valence-electron chi connectivity index (χ3n) is 4.31. The summed E-state index contributed by atoms with van der Waals surface area (Å²) in [5.41, 5.74) is 1.38. The largest absolute Gasteiger partial charge is 0.487 e. The first-order chi connectivity index (χ1) is 14.4. The Labute approximate surface area is 178 Å². The monoisotopic (exact) mass is 426 g/mol. The molecule has 0 fully saturated rings. The second-order valence-corrected chi connectivity index (χ2v) is 9.16. The molecule has 0 unspecified atom stereocenters. The summed E-state index contributed by atoms with van der Waals surface area (Å²) in [6.07, 6.45) is 3.36. The zero-order valence-corrected chi connectivity index (χ0v) is 18.2. The van der Waals surface area contributed by atoms with Crippen molar-refractivity contribution in [2.45, 2.75) is 33.4 Å². The Hall–Kier alpha value is -3.06. The topological polar surface area (TPSA) is 68.7 Å². The average Bonchev–Trinajstić information content (AvgIpc) is 2.74. The summed E-state index contributed by atoms with van der Waals surface area (Å²) in [6, 6.07) is 18.1. The molecule has 0 aliphatic heterocycles. The van der Waals surface area contributed by atoms with E-state index in [2.05, 4.69) is 4.98 Å². The number of sulfonamides is 1. The van der Waals surface area contributed by atoms with Gasteiger partial charge in [0.2, 0.25) is 10.0 Å². The lowest BCUT2D eigenvalue weighted by Gasteiger charge is -2.24. The second kappa shape index (κ2) is 9.63. The highest BCUT2D eigenvalue weighted by Crippen LogP contribution is 2.33. The molecule has 0 aliphatic rings. The van der Waals surface area contributed by atoms with Crippen molar-refractivity contribution < 1.29 is 17.9 Å². The lowest BCUT2D eigenvalue weighted by atomic mass is 10.2. The average molecular weight is 427 g/mol. The van der Waals surface area contributed by atoms with Gasteiger partial charge in [0.25, 0.3) is 0 Å². The molecule has 1 heterocycles. The number of nitrogens with zero attached hydrogens (tertiary/aromatic N) is 2. The van der Waals surface area contributed by atoms with E-state index in [0.717, 1.165) is 5.56 Å². The fourth-order valence-corrected chi connectivity index (χ4v) is 3.96. The molecule has 0 saturated carbocycles. The molecule has 0 N–H and O–H groups in total. The number of para-hydroxylation sites is 2. The second-order valence-electron chi connectivity index (χ2n) is 6.98. The van der Waals surface area contributed by atoms with Gasteiger partial charge in [0.1, 0.15) is 5.75 Å². The molecule has 0 saturated heterocycles. The van der Waals surface area contributed by atoms with Crippen molar-refractivity contribution in [3.05, 3.63) is 78.6 Å². The van der Waals surface area contributed by atoms with E-state index in [1.807, 2.05) is 44.2 Å². The lowest BCUT2D eigenvalue weighted by Crippen LogP contribution is -2.31. The van der Waals surface area contributed by atoms with Gasteiger partial charge < -0.3 is 9.47 Å². The molecule has 0 bridgehead atoms. The summed E-state index contributed by atoms with van der Waals surface area (Å²) >= 11 is 0. The standard InChI is InChI=1S/C23H26N2O4S/c1-4-30(26,27)25(17-19-8-7-15-24-16-19)20-11-13-21(14-12-20)29-23-10-6-5-9-22(23)28-18(2)3/h5-16,18H,4,17H2,1-3H3. The van der Waals surface area contributed by atoms with Gasteiger partial charge in [0, 0.05) is 12.4 Å². The molecule has 2 aromatic carbocycles. The molecule has 0 spiro atoms. The van der Waals surface area contributed by atoms with Crippen LogP contribution in [-0.2, 0) is 16.6 Å². The van der Waals surface area contributed by atoms with Crippen molar-refractivity contribution >= 4 is 15.7 Å². The van der Waals surface area contributed by atoms with Crippen molar-refractivity contribution in [3.8, 4) is 17.2 Å². The number of hydrogen-bond acceptors (Lipinski definition) is 5. The number of aromatic nitrogens is 1. The molecule has 1 aromatic heterocycles. The Morgan fingerprint density at radius 1 is 0.967 bits per heavy atom. The maximum absolute atomic E-state index is 12.7. The van der Waals surface area contributed by atoms with Crippen molar-refractivity contribution in [2.75, 3.05) is 10.1 Å². The van der Waals surface area contributed by atoms with E-state index in [-0.39, 0.29) is 18.4 Å². The summed E-state index contributed by atoms with van der Waals surface area (Å²) < 4.78 is 38.5. The van der Waals surface area contributed by atoms with Crippen molar-refractivity contribution in [1.82, 2.24) is 4.98 Å². The third kappa shape index (κ3) is 5.51. The first kappa shape index (κ1) is 21.6. The van der Waals surface area contributed by atoms with Gasteiger partial charge in [0.05, 0.1) is 24.1 Å². The zero-order chi connectivity index (χ0) is 21.6. The van der Waals surface area contributed by atoms with Crippen LogP contribution >= 0.6 is 0 Å². The number of benzene rings is 2. The fourth-order valence-electron chi connectivity index (χ4n) is 2.86. The van der Waals surface area contributed by atoms with Gasteiger partial charge in [-0.25, -0.2) is 8.42 Å². The van der Waals surface area contributed by atoms with E-state index in [9.17, 15) is 8.42 Å². The SMILES string of the molecule is CCS(=O)(=O)N(Cc1cccnc1)c1ccc(Oc2ccccc2OC(C)C)cc1. The normalized spacial score (nSPS) is 11.3. The number of anilines is 1. The van der Waals surface area contributed by atoms with Crippen molar-refractivity contribution in [2.24, 2.45) is 0 Å². The molecule has 30 heavy (non-hydrogen) atoms. The molecule has 0 radical (unpaired) electrons. The first-order valence-electron chi connectivity index (χ1n) is 9.82. The minimum absolute atomic E-state index is 0.00539. The van der Waals surface area contributed by atoms with Gasteiger partial charge in [-0.2, -0.15) is 0 Å². The highest BCUT2D eigenvalue weighted by molar-refractivity contribution is 7.92. The van der Waals surface area contributed by atoms with Crippen LogP contribution in [0.1, 0.15) is 26.3 Å². The van der Waals surface area contributed by atoms with Gasteiger partial charge in [0.15, 0.2) is 11.5 Å². The van der Waals surface area contributed by atoms with Crippen LogP contribution in [0.3, 0.4) is 0 Å². The van der Waals surface area contributed by atoms with E-state index < -0.39 is 10.0 Å². The van der Waals surface area contributed by atoms with Crippen LogP contribution in [0.25, 0.3) is 0 Å². The molecule has 158 valence electrons. The molecule has 7 heteroatoms. The van der Waals surface area contributed by atoms with E-state index in [0.29, 0.717) is 22.9 Å². The van der Waals surface area contributed by atoms with E-state index in [1.165, 1.54) is 4.31 Å². The predicted molar refractivity (Wildman–Crippen MR) is 119 cm³/mol. The fraction of sp³-hybridized carbons (Fsp3) is 0.261. The Kier molecular flexibility index (Phi) is 6.95. The van der Waals surface area contributed by atoms with E-state index >= 15 is 0 Å². The lowest BCUT2D eigenvalue weighted by molar-refractivity contribution is 0.233. The molecular formula is C23H26N2O4S. The minimum atomic E-state index is -3.46. The van der Waals surface area contributed by atoms with E-state index in [1.54, 1.807) is 49.6 Å². The highest BCUT2D eigenvalue weighted by atomic mass is 32.2. The smallest absolute Gasteiger partial charge is 0.235 e. The predicted octanol–water partition coefficient (Wildman–Crippen LogP) is 5.02. The Bertz CT molecular complexity index is 1050. The summed E-state index contributed by atoms with van der Waals surface area (Å²) in [6.45, 7) is 5.76. The first-order valence-corrected chi connectivity index (χ1v) is 11.4. The summed E-state index contributed by atoms with van der Waals surface area (Å²) in [5, 5.41) is 0. The van der Waals surface area contributed by atoms with Crippen LogP contribution in [-0.4, -0.2) is 25.3 Å². The summed E-state index contributed by atoms with van der Waals surface area (Å²) in [4.78, 5) is 4.08. The molecule has 0 atom stereocenters. The molecular weight excluding hydrogens is 400 g/mol. The Balaban J connectivity index is 1.84.